The van der Waals surface area contributed by atoms with Crippen LogP contribution in [0.3, 0.4) is 0 Å². The molecule has 1 aliphatic carbocycles. The van der Waals surface area contributed by atoms with E-state index in [2.05, 4.69) is 179 Å². The zero-order valence-electron chi connectivity index (χ0n) is 26.8. The molecule has 1 unspecified atom stereocenters. The summed E-state index contributed by atoms with van der Waals surface area (Å²) in [5.74, 6) is 0. The fraction of sp³-hybridized carbons (Fsp3) is 0.0435. The van der Waals surface area contributed by atoms with Crippen LogP contribution in [0.5, 0.6) is 0 Å². The van der Waals surface area contributed by atoms with E-state index in [0.29, 0.717) is 0 Å². The van der Waals surface area contributed by atoms with Gasteiger partial charge >= 0.3 is 0 Å². The van der Waals surface area contributed by atoms with Crippen molar-refractivity contribution in [2.75, 3.05) is 4.90 Å². The molecule has 1 aliphatic rings. The summed E-state index contributed by atoms with van der Waals surface area (Å²) in [5, 5.41) is 7.31. The molecule has 0 radical (unpaired) electrons. The molecule has 0 N–H and O–H groups in total. The minimum atomic E-state index is 0.0836. The third-order valence-corrected chi connectivity index (χ3v) is 10.1. The van der Waals surface area contributed by atoms with Gasteiger partial charge in [-0.2, -0.15) is 0 Å². The average molecular weight is 629 g/mol. The van der Waals surface area contributed by atoms with Crippen LogP contribution in [-0.2, 0) is 0 Å². The predicted molar refractivity (Wildman–Crippen MR) is 205 cm³/mol. The number of rotatable bonds is 5. The Kier molecular flexibility index (Phi) is 6.31. The van der Waals surface area contributed by atoms with Crippen molar-refractivity contribution in [3.8, 4) is 16.8 Å². The van der Waals surface area contributed by atoms with E-state index >= 15 is 0 Å². The van der Waals surface area contributed by atoms with E-state index in [4.69, 9.17) is 4.42 Å². The van der Waals surface area contributed by atoms with Crippen LogP contribution in [-0.4, -0.2) is 10.6 Å². The van der Waals surface area contributed by atoms with E-state index < -0.39 is 0 Å². The van der Waals surface area contributed by atoms with E-state index in [1.54, 1.807) is 0 Å². The van der Waals surface area contributed by atoms with Crippen molar-refractivity contribution in [2.24, 2.45) is 0 Å². The van der Waals surface area contributed by atoms with Gasteiger partial charge in [-0.1, -0.05) is 115 Å². The molecule has 0 saturated heterocycles. The normalized spacial score (nSPS) is 14.2. The quantitative estimate of drug-likeness (QED) is 0.189. The lowest BCUT2D eigenvalue weighted by Gasteiger charge is -2.33. The standard InChI is InChI=1S/C46H32N2O/c1-3-12-31(13-4-1)33-15-11-18-35(28-33)47(37-24-27-45-42(30-37)39-20-9-10-21-44(39)49-45)36-23-26-43-41(29-36)40-25-22-32-14-7-8-19-38(32)46(40)48(43)34-16-5-2-6-17-34/h1-23,25-30,37H,24H2. The zero-order chi connectivity index (χ0) is 32.3. The molecule has 3 nitrogen and oxygen atoms in total. The number of hydrogen-bond acceptors (Lipinski definition) is 2. The molecule has 2 aromatic heterocycles. The Morgan fingerprint density at radius 1 is 0.551 bits per heavy atom. The highest BCUT2D eigenvalue weighted by Gasteiger charge is 2.24. The summed E-state index contributed by atoms with van der Waals surface area (Å²) in [6.07, 6.45) is 5.50. The van der Waals surface area contributed by atoms with Gasteiger partial charge in [0.1, 0.15) is 11.0 Å². The highest BCUT2D eigenvalue weighted by atomic mass is 16.3. The Morgan fingerprint density at radius 3 is 2.16 bits per heavy atom. The van der Waals surface area contributed by atoms with E-state index in [1.165, 1.54) is 48.9 Å². The molecular weight excluding hydrogens is 597 g/mol. The van der Waals surface area contributed by atoms with Crippen LogP contribution in [0.25, 0.3) is 72.5 Å². The maximum absolute atomic E-state index is 6.28. The molecule has 1 atom stereocenters. The highest BCUT2D eigenvalue weighted by molar-refractivity contribution is 6.19. The number of para-hydroxylation sites is 2. The second-order valence-corrected chi connectivity index (χ2v) is 12.9. The molecule has 0 aliphatic heterocycles. The maximum atomic E-state index is 6.28. The topological polar surface area (TPSA) is 21.3 Å². The third kappa shape index (κ3) is 4.51. The van der Waals surface area contributed by atoms with Crippen LogP contribution >= 0.6 is 0 Å². The van der Waals surface area contributed by atoms with Gasteiger partial charge in [-0.05, 0) is 83.6 Å². The van der Waals surface area contributed by atoms with Crippen molar-refractivity contribution < 1.29 is 4.42 Å². The monoisotopic (exact) mass is 628 g/mol. The molecule has 49 heavy (non-hydrogen) atoms. The number of benzene rings is 7. The Balaban J connectivity index is 1.23. The van der Waals surface area contributed by atoms with Gasteiger partial charge < -0.3 is 13.9 Å². The molecule has 0 bridgehead atoms. The number of hydrogen-bond donors (Lipinski definition) is 0. The lowest BCUT2D eigenvalue weighted by molar-refractivity contribution is 0.569. The van der Waals surface area contributed by atoms with Gasteiger partial charge in [-0.25, -0.2) is 0 Å². The summed E-state index contributed by atoms with van der Waals surface area (Å²) in [6.45, 7) is 0. The lowest BCUT2D eigenvalue weighted by Crippen LogP contribution is -2.36. The minimum absolute atomic E-state index is 0.0836. The number of furan rings is 1. The summed E-state index contributed by atoms with van der Waals surface area (Å²) in [4.78, 5) is 2.51. The molecule has 0 saturated carbocycles. The van der Waals surface area contributed by atoms with E-state index in [1.807, 2.05) is 6.07 Å². The van der Waals surface area contributed by atoms with Gasteiger partial charge in [0.25, 0.3) is 0 Å². The van der Waals surface area contributed by atoms with Gasteiger partial charge in [-0.3, -0.25) is 0 Å². The van der Waals surface area contributed by atoms with Crippen LogP contribution < -0.4 is 15.5 Å². The van der Waals surface area contributed by atoms with Gasteiger partial charge in [0.2, 0.25) is 0 Å². The van der Waals surface area contributed by atoms with E-state index in [-0.39, 0.29) is 6.04 Å². The van der Waals surface area contributed by atoms with Crippen molar-refractivity contribution in [3.63, 3.8) is 0 Å². The Hall–Kier alpha value is -6.32. The minimum Gasteiger partial charge on any atom is -0.456 e. The SMILES string of the molecule is C1=c2oc3ccccc3c2=CC(N(c2cccc(-c3ccccc3)c2)c2ccc3c(c2)c2ccc4ccccc4c2n3-c2ccccc2)C1. The molecule has 9 aromatic rings. The van der Waals surface area contributed by atoms with Crippen LogP contribution in [0.1, 0.15) is 6.42 Å². The summed E-state index contributed by atoms with van der Waals surface area (Å²) < 4.78 is 8.72. The number of fused-ring (bicyclic) bond motifs is 8. The highest BCUT2D eigenvalue weighted by Crippen LogP contribution is 2.41. The number of aromatic nitrogens is 1. The van der Waals surface area contributed by atoms with Gasteiger partial charge in [0, 0.05) is 43.8 Å². The first-order valence-electron chi connectivity index (χ1n) is 17.0. The van der Waals surface area contributed by atoms with Gasteiger partial charge in [0.05, 0.1) is 17.1 Å². The van der Waals surface area contributed by atoms with Crippen LogP contribution in [0, 0.1) is 0 Å². The summed E-state index contributed by atoms with van der Waals surface area (Å²) in [6, 6.07) is 59.1. The molecule has 3 heteroatoms. The molecule has 0 amide bonds. The molecule has 0 fully saturated rings. The average Bonchev–Trinajstić information content (AvgIpc) is 3.71. The van der Waals surface area contributed by atoms with Gasteiger partial charge in [-0.15, -0.1) is 0 Å². The summed E-state index contributed by atoms with van der Waals surface area (Å²) in [7, 11) is 0. The second kappa shape index (κ2) is 11.1. The summed E-state index contributed by atoms with van der Waals surface area (Å²) in [5.41, 5.74) is 10.2. The molecule has 7 aromatic carbocycles. The Labute approximate surface area is 283 Å². The van der Waals surface area contributed by atoms with Crippen molar-refractivity contribution >= 4 is 67.1 Å². The Morgan fingerprint density at radius 2 is 1.29 bits per heavy atom. The zero-order valence-corrected chi connectivity index (χ0v) is 26.8. The van der Waals surface area contributed by atoms with Gasteiger partial charge in [0.15, 0.2) is 0 Å². The fourth-order valence-electron chi connectivity index (χ4n) is 7.84. The van der Waals surface area contributed by atoms with Crippen molar-refractivity contribution in [2.45, 2.75) is 12.5 Å². The predicted octanol–water partition coefficient (Wildman–Crippen LogP) is 10.5. The Bertz CT molecular complexity index is 2810. The first-order valence-corrected chi connectivity index (χ1v) is 17.0. The van der Waals surface area contributed by atoms with Crippen molar-refractivity contribution in [1.29, 1.82) is 0 Å². The van der Waals surface area contributed by atoms with Crippen LogP contribution in [0.2, 0.25) is 0 Å². The van der Waals surface area contributed by atoms with Crippen molar-refractivity contribution in [1.82, 2.24) is 4.57 Å². The van der Waals surface area contributed by atoms with Crippen LogP contribution in [0.15, 0.2) is 168 Å². The molecule has 10 rings (SSSR count). The van der Waals surface area contributed by atoms with Crippen molar-refractivity contribution in [3.05, 3.63) is 174 Å². The van der Waals surface area contributed by atoms with E-state index in [0.717, 1.165) is 39.9 Å². The van der Waals surface area contributed by atoms with E-state index in [9.17, 15) is 0 Å². The number of anilines is 2. The molecular formula is C46H32N2O. The largest absolute Gasteiger partial charge is 0.456 e. The first-order chi connectivity index (χ1) is 24.3. The smallest absolute Gasteiger partial charge is 0.135 e. The molecule has 0 spiro atoms. The second-order valence-electron chi connectivity index (χ2n) is 12.9. The molecule has 2 heterocycles. The third-order valence-electron chi connectivity index (χ3n) is 10.1. The first kappa shape index (κ1) is 27.8. The fourth-order valence-corrected chi connectivity index (χ4v) is 7.84. The van der Waals surface area contributed by atoms with Crippen LogP contribution in [0.4, 0.5) is 11.4 Å². The lowest BCUT2D eigenvalue weighted by atomic mass is 10.00. The molecule has 232 valence electrons. The number of nitrogens with zero attached hydrogens (tertiary/aromatic N) is 2. The maximum Gasteiger partial charge on any atom is 0.135 e. The summed E-state index contributed by atoms with van der Waals surface area (Å²) >= 11 is 0.